The highest BCUT2D eigenvalue weighted by molar-refractivity contribution is 7.19. The molecule has 0 spiro atoms. The van der Waals surface area contributed by atoms with Crippen LogP contribution in [0.1, 0.15) is 35.3 Å². The van der Waals surface area contributed by atoms with Gasteiger partial charge in [0.05, 0.1) is 18.2 Å². The number of anilines is 1. The fraction of sp³-hybridized carbons (Fsp3) is 0.500. The highest BCUT2D eigenvalue weighted by atomic mass is 32.1. The molecule has 0 bridgehead atoms. The van der Waals surface area contributed by atoms with Crippen LogP contribution < -0.4 is 5.73 Å². The summed E-state index contributed by atoms with van der Waals surface area (Å²) in [7, 11) is 1.64. The van der Waals surface area contributed by atoms with Crippen LogP contribution in [0.15, 0.2) is 6.20 Å². The second-order valence-corrected chi connectivity index (χ2v) is 7.48. The van der Waals surface area contributed by atoms with Crippen molar-refractivity contribution in [2.75, 3.05) is 12.8 Å². The van der Waals surface area contributed by atoms with Gasteiger partial charge in [0.25, 0.3) is 0 Å². The molecule has 8 heteroatoms. The van der Waals surface area contributed by atoms with Gasteiger partial charge in [0.2, 0.25) is 0 Å². The van der Waals surface area contributed by atoms with E-state index in [1.54, 1.807) is 23.1 Å². The Morgan fingerprint density at radius 3 is 3.12 bits per heavy atom. The van der Waals surface area contributed by atoms with E-state index in [4.69, 9.17) is 15.5 Å². The molecule has 1 aliphatic carbocycles. The van der Waals surface area contributed by atoms with Gasteiger partial charge in [-0.25, -0.2) is 14.6 Å². The summed E-state index contributed by atoms with van der Waals surface area (Å²) in [6.07, 6.45) is 5.25. The van der Waals surface area contributed by atoms with Crippen molar-refractivity contribution in [1.82, 2.24) is 25.0 Å². The van der Waals surface area contributed by atoms with Crippen LogP contribution >= 0.6 is 11.3 Å². The molecule has 0 fully saturated rings. The zero-order valence-corrected chi connectivity index (χ0v) is 14.6. The van der Waals surface area contributed by atoms with E-state index in [1.807, 2.05) is 6.20 Å². The first-order chi connectivity index (χ1) is 11.6. The fourth-order valence-electron chi connectivity index (χ4n) is 3.26. The lowest BCUT2D eigenvalue weighted by atomic mass is 9.89. The Labute approximate surface area is 143 Å². The van der Waals surface area contributed by atoms with Crippen LogP contribution in [-0.4, -0.2) is 32.1 Å². The molecule has 0 radical (unpaired) electrons. The normalized spacial score (nSPS) is 17.3. The Morgan fingerprint density at radius 1 is 1.42 bits per heavy atom. The number of fused-ring (bicyclic) bond motifs is 3. The largest absolute Gasteiger partial charge is 0.383 e. The van der Waals surface area contributed by atoms with Gasteiger partial charge in [0, 0.05) is 12.0 Å². The number of thiophene rings is 1. The average molecular weight is 344 g/mol. The lowest BCUT2D eigenvalue weighted by Gasteiger charge is -2.17. The molecule has 3 aromatic heterocycles. The van der Waals surface area contributed by atoms with Crippen LogP contribution in [0.25, 0.3) is 10.2 Å². The summed E-state index contributed by atoms with van der Waals surface area (Å²) in [5.41, 5.74) is 8.40. The van der Waals surface area contributed by atoms with Gasteiger partial charge in [-0.2, -0.15) is 0 Å². The Kier molecular flexibility index (Phi) is 3.93. The van der Waals surface area contributed by atoms with Crippen molar-refractivity contribution in [2.45, 2.75) is 39.3 Å². The number of aryl methyl sites for hydroxylation is 1. The molecule has 0 amide bonds. The fourth-order valence-corrected chi connectivity index (χ4v) is 4.67. The highest BCUT2D eigenvalue weighted by Crippen LogP contribution is 2.39. The van der Waals surface area contributed by atoms with Crippen LogP contribution in [0, 0.1) is 5.92 Å². The van der Waals surface area contributed by atoms with E-state index in [9.17, 15) is 0 Å². The molecule has 0 saturated carbocycles. The van der Waals surface area contributed by atoms with Crippen molar-refractivity contribution >= 4 is 27.4 Å². The molecule has 0 aliphatic heterocycles. The van der Waals surface area contributed by atoms with Crippen molar-refractivity contribution in [2.24, 2.45) is 5.92 Å². The number of hydrogen-bond donors (Lipinski definition) is 1. The molecule has 3 aromatic rings. The first kappa shape index (κ1) is 15.5. The number of rotatable bonds is 4. The second kappa shape index (κ2) is 6.10. The van der Waals surface area contributed by atoms with E-state index in [1.165, 1.54) is 16.9 Å². The van der Waals surface area contributed by atoms with E-state index in [0.717, 1.165) is 34.7 Å². The highest BCUT2D eigenvalue weighted by Gasteiger charge is 2.23. The summed E-state index contributed by atoms with van der Waals surface area (Å²) in [6.45, 7) is 3.20. The molecule has 0 aromatic carbocycles. The monoisotopic (exact) mass is 344 g/mol. The van der Waals surface area contributed by atoms with Crippen LogP contribution in [-0.2, 0) is 30.7 Å². The smallest absolute Gasteiger partial charge is 0.153 e. The van der Waals surface area contributed by atoms with Crippen LogP contribution in [0.5, 0.6) is 0 Å². The summed E-state index contributed by atoms with van der Waals surface area (Å²) in [6, 6.07) is 0. The minimum Gasteiger partial charge on any atom is -0.383 e. The third-order valence-corrected chi connectivity index (χ3v) is 5.56. The maximum atomic E-state index is 6.26. The standard InChI is InChI=1S/C16H20N6OS/c1-9-3-4-11-12(5-9)24-16-14(11)15(17)18-13(19-16)7-22-6-10(8-23-2)20-21-22/h6,9H,3-5,7-8H2,1-2H3,(H2,17,18,19). The molecule has 7 nitrogen and oxygen atoms in total. The molecule has 3 heterocycles. The van der Waals surface area contributed by atoms with Crippen LogP contribution in [0.2, 0.25) is 0 Å². The minimum absolute atomic E-state index is 0.442. The molecule has 2 N–H and O–H groups in total. The van der Waals surface area contributed by atoms with Crippen LogP contribution in [0.3, 0.4) is 0 Å². The molecule has 1 atom stereocenters. The van der Waals surface area contributed by atoms with E-state index < -0.39 is 0 Å². The Morgan fingerprint density at radius 2 is 2.29 bits per heavy atom. The third kappa shape index (κ3) is 2.76. The number of aromatic nitrogens is 5. The van der Waals surface area contributed by atoms with Crippen LogP contribution in [0.4, 0.5) is 5.82 Å². The molecule has 1 aliphatic rings. The predicted octanol–water partition coefficient (Wildman–Crippen LogP) is 2.18. The first-order valence-electron chi connectivity index (χ1n) is 8.08. The maximum Gasteiger partial charge on any atom is 0.153 e. The quantitative estimate of drug-likeness (QED) is 0.780. The predicted molar refractivity (Wildman–Crippen MR) is 92.9 cm³/mol. The zero-order valence-electron chi connectivity index (χ0n) is 13.8. The second-order valence-electron chi connectivity index (χ2n) is 6.40. The van der Waals surface area contributed by atoms with Gasteiger partial charge in [0.15, 0.2) is 5.82 Å². The molecule has 1 unspecified atom stereocenters. The number of methoxy groups -OCH3 is 1. The number of nitrogen functional groups attached to an aromatic ring is 1. The van der Waals surface area contributed by atoms with Gasteiger partial charge >= 0.3 is 0 Å². The lowest BCUT2D eigenvalue weighted by molar-refractivity contribution is 0.181. The zero-order chi connectivity index (χ0) is 16.7. The van der Waals surface area contributed by atoms with E-state index in [0.29, 0.717) is 24.8 Å². The Hall–Kier alpha value is -2.06. The molecule has 126 valence electrons. The van der Waals surface area contributed by atoms with Crippen molar-refractivity contribution in [3.05, 3.63) is 28.2 Å². The summed E-state index contributed by atoms with van der Waals surface area (Å²) >= 11 is 1.76. The maximum absolute atomic E-state index is 6.26. The van der Waals surface area contributed by atoms with Gasteiger partial charge in [-0.1, -0.05) is 12.1 Å². The molecular formula is C16H20N6OS. The molecule has 4 rings (SSSR count). The average Bonchev–Trinajstić information content (AvgIpc) is 3.11. The summed E-state index contributed by atoms with van der Waals surface area (Å²) in [5, 5.41) is 9.20. The summed E-state index contributed by atoms with van der Waals surface area (Å²) < 4.78 is 6.77. The topological polar surface area (TPSA) is 91.7 Å². The van der Waals surface area contributed by atoms with E-state index in [2.05, 4.69) is 22.2 Å². The van der Waals surface area contributed by atoms with Gasteiger partial charge in [-0.3, -0.25) is 0 Å². The van der Waals surface area contributed by atoms with Gasteiger partial charge < -0.3 is 10.5 Å². The summed E-state index contributed by atoms with van der Waals surface area (Å²) in [5.74, 6) is 1.98. The lowest BCUT2D eigenvalue weighted by Crippen LogP contribution is -2.10. The van der Waals surface area contributed by atoms with Crippen molar-refractivity contribution in [3.63, 3.8) is 0 Å². The SMILES string of the molecule is COCc1cn(Cc2nc(N)c3c4c(sc3n2)CC(C)CC4)nn1. The van der Waals surface area contributed by atoms with Crippen molar-refractivity contribution in [3.8, 4) is 0 Å². The third-order valence-electron chi connectivity index (χ3n) is 4.41. The number of hydrogen-bond acceptors (Lipinski definition) is 7. The van der Waals surface area contributed by atoms with E-state index >= 15 is 0 Å². The van der Waals surface area contributed by atoms with Crippen molar-refractivity contribution in [1.29, 1.82) is 0 Å². The molecule has 0 saturated heterocycles. The number of nitrogens with zero attached hydrogens (tertiary/aromatic N) is 5. The van der Waals surface area contributed by atoms with E-state index in [-0.39, 0.29) is 0 Å². The molecule has 24 heavy (non-hydrogen) atoms. The Balaban J connectivity index is 1.67. The summed E-state index contributed by atoms with van der Waals surface area (Å²) in [4.78, 5) is 11.6. The number of nitrogens with two attached hydrogens (primary N) is 1. The Bertz CT molecular complexity index is 886. The minimum atomic E-state index is 0.442. The van der Waals surface area contributed by atoms with Gasteiger partial charge in [-0.15, -0.1) is 16.4 Å². The first-order valence-corrected chi connectivity index (χ1v) is 8.90. The number of ether oxygens (including phenoxy) is 1. The van der Waals surface area contributed by atoms with Gasteiger partial charge in [-0.05, 0) is 30.7 Å². The van der Waals surface area contributed by atoms with Crippen molar-refractivity contribution < 1.29 is 4.74 Å². The van der Waals surface area contributed by atoms with Gasteiger partial charge in [0.1, 0.15) is 22.9 Å². The molecular weight excluding hydrogens is 324 g/mol.